The number of carbonyl (C=O) groups excluding carboxylic acids is 1. The van der Waals surface area contributed by atoms with Crippen LogP contribution in [0, 0.1) is 12.8 Å². The summed E-state index contributed by atoms with van der Waals surface area (Å²) in [6.07, 6.45) is 9.26. The largest absolute Gasteiger partial charge is 0.343 e. The Morgan fingerprint density at radius 2 is 2.03 bits per heavy atom. The Morgan fingerprint density at radius 3 is 2.74 bits per heavy atom. The summed E-state index contributed by atoms with van der Waals surface area (Å²) in [5, 5.41) is 6.39. The zero-order valence-corrected chi connectivity index (χ0v) is 17.9. The quantitative estimate of drug-likeness (QED) is 0.638. The topological polar surface area (TPSA) is 101 Å². The lowest BCUT2D eigenvalue weighted by atomic mass is 10.0. The van der Waals surface area contributed by atoms with Gasteiger partial charge in [0.25, 0.3) is 0 Å². The van der Waals surface area contributed by atoms with E-state index in [0.29, 0.717) is 24.2 Å². The van der Waals surface area contributed by atoms with Gasteiger partial charge in [0.15, 0.2) is 0 Å². The summed E-state index contributed by atoms with van der Waals surface area (Å²) in [6.45, 7) is 6.81. The molecule has 1 saturated carbocycles. The predicted molar refractivity (Wildman–Crippen MR) is 117 cm³/mol. The Balaban J connectivity index is 1.38. The van der Waals surface area contributed by atoms with Crippen LogP contribution >= 0.6 is 0 Å². The van der Waals surface area contributed by atoms with Gasteiger partial charge in [0.2, 0.25) is 5.95 Å². The molecule has 1 aliphatic heterocycles. The van der Waals surface area contributed by atoms with E-state index in [4.69, 9.17) is 0 Å². The number of nitrogens with zero attached hydrogens (tertiary/aromatic N) is 6. The van der Waals surface area contributed by atoms with E-state index in [9.17, 15) is 4.79 Å². The molecule has 1 atom stereocenters. The first-order valence-electron chi connectivity index (χ1n) is 10.6. The van der Waals surface area contributed by atoms with Gasteiger partial charge in [-0.2, -0.15) is 4.98 Å². The number of hydrogen-bond acceptors (Lipinski definition) is 6. The minimum Gasteiger partial charge on any atom is -0.343 e. The molecule has 2 N–H and O–H groups in total. The third-order valence-corrected chi connectivity index (χ3v) is 6.04. The van der Waals surface area contributed by atoms with Crippen molar-refractivity contribution in [3.63, 3.8) is 0 Å². The highest BCUT2D eigenvalue weighted by atomic mass is 16.2. The summed E-state index contributed by atoms with van der Waals surface area (Å²) in [6, 6.07) is 5.75. The Labute approximate surface area is 181 Å². The summed E-state index contributed by atoms with van der Waals surface area (Å²) >= 11 is 0. The number of carbonyl (C=O) groups is 1. The maximum Gasteiger partial charge on any atom is 0.323 e. The third kappa shape index (κ3) is 3.60. The molecule has 2 fully saturated rings. The van der Waals surface area contributed by atoms with Crippen LogP contribution in [0.15, 0.2) is 43.1 Å². The SMILES string of the molecule is Cc1ccc(-n2cnc(C3(Nc4nccc(N5C(=O)NC[C@@H]5C(C)C)n4)CC3)c2)cn1. The molecule has 1 saturated heterocycles. The molecule has 31 heavy (non-hydrogen) atoms. The van der Waals surface area contributed by atoms with Crippen molar-refractivity contribution in [1.29, 1.82) is 0 Å². The van der Waals surface area contributed by atoms with Crippen molar-refractivity contribution in [3.05, 3.63) is 54.5 Å². The summed E-state index contributed by atoms with van der Waals surface area (Å²) in [5.41, 5.74) is 2.61. The molecule has 1 aliphatic carbocycles. The van der Waals surface area contributed by atoms with Gasteiger partial charge < -0.3 is 15.2 Å². The van der Waals surface area contributed by atoms with E-state index in [1.807, 2.05) is 42.3 Å². The maximum atomic E-state index is 12.4. The first-order valence-corrected chi connectivity index (χ1v) is 10.6. The lowest BCUT2D eigenvalue weighted by molar-refractivity contribution is 0.251. The van der Waals surface area contributed by atoms with Gasteiger partial charge >= 0.3 is 6.03 Å². The molecular formula is C22H26N8O. The van der Waals surface area contributed by atoms with Gasteiger partial charge in [-0.1, -0.05) is 13.8 Å². The average Bonchev–Trinajstić information content (AvgIpc) is 3.18. The van der Waals surface area contributed by atoms with E-state index in [1.165, 1.54) is 0 Å². The van der Waals surface area contributed by atoms with E-state index in [-0.39, 0.29) is 17.6 Å². The monoisotopic (exact) mass is 418 g/mol. The van der Waals surface area contributed by atoms with Crippen LogP contribution in [-0.4, -0.2) is 43.1 Å². The molecule has 4 heterocycles. The zero-order valence-electron chi connectivity index (χ0n) is 17.9. The molecule has 0 bridgehead atoms. The molecule has 0 aromatic carbocycles. The summed E-state index contributed by atoms with van der Waals surface area (Å²) in [4.78, 5) is 32.2. The van der Waals surface area contributed by atoms with Crippen LogP contribution in [0.25, 0.3) is 5.69 Å². The van der Waals surface area contributed by atoms with Gasteiger partial charge in [-0.15, -0.1) is 0 Å². The molecule has 3 aromatic rings. The van der Waals surface area contributed by atoms with Crippen LogP contribution in [-0.2, 0) is 5.54 Å². The number of amides is 2. The number of aromatic nitrogens is 5. The number of hydrogen-bond donors (Lipinski definition) is 2. The minimum atomic E-state index is -0.285. The summed E-state index contributed by atoms with van der Waals surface area (Å²) in [7, 11) is 0. The summed E-state index contributed by atoms with van der Waals surface area (Å²) in [5.74, 6) is 1.43. The Kier molecular flexibility index (Phi) is 4.60. The van der Waals surface area contributed by atoms with Gasteiger partial charge in [0.1, 0.15) is 5.82 Å². The van der Waals surface area contributed by atoms with Crippen molar-refractivity contribution in [2.24, 2.45) is 5.92 Å². The fourth-order valence-corrected chi connectivity index (χ4v) is 3.98. The van der Waals surface area contributed by atoms with Gasteiger partial charge in [-0.25, -0.2) is 14.8 Å². The van der Waals surface area contributed by atoms with Gasteiger partial charge in [0.05, 0.1) is 35.5 Å². The molecule has 9 nitrogen and oxygen atoms in total. The average molecular weight is 419 g/mol. The van der Waals surface area contributed by atoms with Crippen molar-refractivity contribution < 1.29 is 4.79 Å². The number of aryl methyl sites for hydroxylation is 1. The standard InChI is InChI=1S/C22H26N8O/c1-14(2)17-11-25-21(31)30(17)19-6-9-23-20(27-19)28-22(7-8-22)18-12-29(13-26-18)16-5-4-15(3)24-10-16/h4-6,9-10,12-14,17H,7-8,11H2,1-3H3,(H,25,31)(H,23,27,28)/t17-/m1/s1. The number of nitrogens with one attached hydrogen (secondary N) is 2. The smallest absolute Gasteiger partial charge is 0.323 e. The number of pyridine rings is 1. The van der Waals surface area contributed by atoms with Crippen LogP contribution < -0.4 is 15.5 Å². The van der Waals surface area contributed by atoms with E-state index < -0.39 is 0 Å². The number of anilines is 2. The van der Waals surface area contributed by atoms with Gasteiger partial charge in [0, 0.05) is 24.6 Å². The molecule has 0 radical (unpaired) electrons. The predicted octanol–water partition coefficient (Wildman–Crippen LogP) is 3.02. The van der Waals surface area contributed by atoms with Crippen molar-refractivity contribution >= 4 is 17.8 Å². The first-order chi connectivity index (χ1) is 14.9. The van der Waals surface area contributed by atoms with Gasteiger partial charge in [-0.3, -0.25) is 9.88 Å². The van der Waals surface area contributed by atoms with Crippen LogP contribution in [0.2, 0.25) is 0 Å². The maximum absolute atomic E-state index is 12.4. The van der Waals surface area contributed by atoms with Crippen molar-refractivity contribution in [2.75, 3.05) is 16.8 Å². The molecule has 9 heteroatoms. The Hall–Kier alpha value is -3.49. The van der Waals surface area contributed by atoms with Crippen molar-refractivity contribution in [1.82, 2.24) is 29.8 Å². The molecule has 160 valence electrons. The van der Waals surface area contributed by atoms with E-state index in [0.717, 1.165) is 29.9 Å². The van der Waals surface area contributed by atoms with Crippen LogP contribution in [0.1, 0.15) is 38.1 Å². The van der Waals surface area contributed by atoms with Crippen LogP contribution in [0.4, 0.5) is 16.6 Å². The van der Waals surface area contributed by atoms with Gasteiger partial charge in [-0.05, 0) is 43.9 Å². The highest BCUT2D eigenvalue weighted by Gasteiger charge is 2.47. The molecule has 0 unspecified atom stereocenters. The molecule has 0 spiro atoms. The highest BCUT2D eigenvalue weighted by Crippen LogP contribution is 2.47. The summed E-state index contributed by atoms with van der Waals surface area (Å²) < 4.78 is 1.97. The third-order valence-electron chi connectivity index (χ3n) is 6.04. The van der Waals surface area contributed by atoms with Crippen molar-refractivity contribution in [3.8, 4) is 5.69 Å². The lowest BCUT2D eigenvalue weighted by Crippen LogP contribution is -2.38. The van der Waals surface area contributed by atoms with Crippen LogP contribution in [0.5, 0.6) is 0 Å². The van der Waals surface area contributed by atoms with Crippen molar-refractivity contribution in [2.45, 2.75) is 45.2 Å². The second-order valence-electron chi connectivity index (χ2n) is 8.64. The van der Waals surface area contributed by atoms with Crippen LogP contribution in [0.3, 0.4) is 0 Å². The lowest BCUT2D eigenvalue weighted by Gasteiger charge is -2.25. The van der Waals surface area contributed by atoms with E-state index in [1.54, 1.807) is 17.2 Å². The van der Waals surface area contributed by atoms with E-state index in [2.05, 4.69) is 44.4 Å². The molecule has 2 amide bonds. The fraction of sp³-hybridized carbons (Fsp3) is 0.409. The Morgan fingerprint density at radius 1 is 1.19 bits per heavy atom. The molecule has 5 rings (SSSR count). The minimum absolute atomic E-state index is 0.0731. The second kappa shape index (κ2) is 7.33. The number of imidazole rings is 1. The van der Waals surface area contributed by atoms with E-state index >= 15 is 0 Å². The first kappa shape index (κ1) is 19.5. The molecule has 2 aliphatic rings. The molecular weight excluding hydrogens is 392 g/mol. The normalized spacial score (nSPS) is 19.5. The molecule has 3 aromatic heterocycles. The number of urea groups is 1. The Bertz CT molecular complexity index is 1100. The highest BCUT2D eigenvalue weighted by molar-refractivity contribution is 5.94. The second-order valence-corrected chi connectivity index (χ2v) is 8.64. The number of rotatable bonds is 6. The zero-order chi connectivity index (χ0) is 21.6. The fourth-order valence-electron chi connectivity index (χ4n) is 3.98.